The highest BCUT2D eigenvalue weighted by Gasteiger charge is 2.17. The molecule has 5 heteroatoms. The summed E-state index contributed by atoms with van der Waals surface area (Å²) >= 11 is 6.00. The third-order valence-electron chi connectivity index (χ3n) is 2.14. The lowest BCUT2D eigenvalue weighted by atomic mass is 10.2. The van der Waals surface area contributed by atoms with E-state index in [0.29, 0.717) is 10.8 Å². The van der Waals surface area contributed by atoms with Gasteiger partial charge in [0.1, 0.15) is 11.4 Å². The molecule has 0 fully saturated rings. The molecule has 0 unspecified atom stereocenters. The third-order valence-corrected chi connectivity index (χ3v) is 2.45. The van der Waals surface area contributed by atoms with E-state index in [0.717, 1.165) is 5.56 Å². The maximum Gasteiger partial charge on any atom is 0.344 e. The van der Waals surface area contributed by atoms with Gasteiger partial charge in [-0.2, -0.15) is 0 Å². The number of carbonyl (C=O) groups is 1. The summed E-state index contributed by atoms with van der Waals surface area (Å²) in [7, 11) is 0. The minimum Gasteiger partial charge on any atom is -0.480 e. The third kappa shape index (κ3) is 6.08. The minimum absolute atomic E-state index is 0.0449. The van der Waals surface area contributed by atoms with Gasteiger partial charge in [0.15, 0.2) is 6.61 Å². The van der Waals surface area contributed by atoms with Gasteiger partial charge in [0.25, 0.3) is 0 Å². The number of hydrogen-bond acceptors (Lipinski definition) is 4. The van der Waals surface area contributed by atoms with Crippen LogP contribution in [0.2, 0.25) is 5.02 Å². The van der Waals surface area contributed by atoms with Gasteiger partial charge in [-0.05, 0) is 38.5 Å². The molecule has 0 aromatic heterocycles. The van der Waals surface area contributed by atoms with Crippen LogP contribution in [-0.4, -0.2) is 29.9 Å². The molecule has 1 rings (SSSR count). The summed E-state index contributed by atoms with van der Waals surface area (Å²) in [6.45, 7) is 5.12. The summed E-state index contributed by atoms with van der Waals surface area (Å²) in [6, 6.07) is 5.15. The van der Waals surface area contributed by atoms with E-state index in [1.54, 1.807) is 51.1 Å². The van der Waals surface area contributed by atoms with Crippen molar-refractivity contribution in [2.45, 2.75) is 26.4 Å². The number of rotatable bonds is 5. The van der Waals surface area contributed by atoms with E-state index in [2.05, 4.69) is 0 Å². The molecule has 0 saturated heterocycles. The Bertz CT molecular complexity index is 489. The summed E-state index contributed by atoms with van der Waals surface area (Å²) in [5.74, 6) is -0.0533. The smallest absolute Gasteiger partial charge is 0.344 e. The number of ether oxygens (including phenoxy) is 2. The molecule has 1 aromatic rings. The van der Waals surface area contributed by atoms with Crippen LogP contribution in [0.15, 0.2) is 24.3 Å². The van der Waals surface area contributed by atoms with E-state index >= 15 is 0 Å². The van der Waals surface area contributed by atoms with Crippen LogP contribution < -0.4 is 4.74 Å². The summed E-state index contributed by atoms with van der Waals surface area (Å²) in [4.78, 5) is 11.6. The van der Waals surface area contributed by atoms with Crippen molar-refractivity contribution in [1.29, 1.82) is 0 Å². The Hall–Kier alpha value is -1.52. The maximum absolute atomic E-state index is 11.6. The number of aliphatic hydroxyl groups excluding tert-OH is 1. The van der Waals surface area contributed by atoms with Crippen molar-refractivity contribution in [2.75, 3.05) is 13.2 Å². The second-order valence-electron chi connectivity index (χ2n) is 5.15. The van der Waals surface area contributed by atoms with Crippen molar-refractivity contribution in [3.8, 4) is 5.75 Å². The first-order valence-corrected chi connectivity index (χ1v) is 6.61. The molecule has 0 radical (unpaired) electrons. The number of carbonyl (C=O) groups excluding carboxylic acids is 1. The van der Waals surface area contributed by atoms with E-state index in [9.17, 15) is 4.79 Å². The van der Waals surface area contributed by atoms with Crippen molar-refractivity contribution in [3.63, 3.8) is 0 Å². The zero-order valence-corrected chi connectivity index (χ0v) is 12.6. The molecule has 1 aromatic carbocycles. The predicted octanol–water partition coefficient (Wildman–Crippen LogP) is 3.07. The molecule has 0 saturated carbocycles. The standard InChI is InChI=1S/C15H19ClO4/c1-15(2,3)20-14(18)10-19-13-9-11(5-4-8-17)6-7-12(13)16/h4-7,9,17H,8,10H2,1-3H3. The average molecular weight is 299 g/mol. The molecule has 4 nitrogen and oxygen atoms in total. The van der Waals surface area contributed by atoms with Crippen LogP contribution in [0.5, 0.6) is 5.75 Å². The zero-order chi connectivity index (χ0) is 15.2. The molecule has 0 heterocycles. The van der Waals surface area contributed by atoms with Crippen LogP contribution >= 0.6 is 11.6 Å². The van der Waals surface area contributed by atoms with E-state index in [1.165, 1.54) is 0 Å². The normalized spacial score (nSPS) is 11.7. The minimum atomic E-state index is -0.546. The number of benzene rings is 1. The first kappa shape index (κ1) is 16.5. The Labute approximate surface area is 124 Å². The van der Waals surface area contributed by atoms with Crippen molar-refractivity contribution in [1.82, 2.24) is 0 Å². The van der Waals surface area contributed by atoms with Crippen LogP contribution in [0.4, 0.5) is 0 Å². The fourth-order valence-electron chi connectivity index (χ4n) is 1.43. The molecule has 0 aliphatic heterocycles. The quantitative estimate of drug-likeness (QED) is 0.849. The van der Waals surface area contributed by atoms with Crippen LogP contribution in [-0.2, 0) is 9.53 Å². The molecular weight excluding hydrogens is 280 g/mol. The maximum atomic E-state index is 11.6. The Kier molecular flexibility index (Phi) is 6.05. The first-order chi connectivity index (χ1) is 9.31. The molecular formula is C15H19ClO4. The Morgan fingerprint density at radius 3 is 2.70 bits per heavy atom. The molecule has 0 bridgehead atoms. The van der Waals surface area contributed by atoms with Gasteiger partial charge in [-0.25, -0.2) is 4.79 Å². The SMILES string of the molecule is CC(C)(C)OC(=O)COc1cc(C=CCO)ccc1Cl. The molecule has 0 spiro atoms. The Balaban J connectivity index is 2.67. The largest absolute Gasteiger partial charge is 0.480 e. The molecule has 0 atom stereocenters. The van der Waals surface area contributed by atoms with Gasteiger partial charge in [0.05, 0.1) is 11.6 Å². The van der Waals surface area contributed by atoms with Crippen LogP contribution in [0.1, 0.15) is 26.3 Å². The second-order valence-corrected chi connectivity index (χ2v) is 5.56. The summed E-state index contributed by atoms with van der Waals surface area (Å²) in [5, 5.41) is 9.14. The van der Waals surface area contributed by atoms with Crippen molar-refractivity contribution < 1.29 is 19.4 Å². The monoisotopic (exact) mass is 298 g/mol. The number of aliphatic hydroxyl groups is 1. The summed E-state index contributed by atoms with van der Waals surface area (Å²) in [5.41, 5.74) is 0.276. The van der Waals surface area contributed by atoms with E-state index in [1.807, 2.05) is 0 Å². The van der Waals surface area contributed by atoms with Gasteiger partial charge in [-0.1, -0.05) is 29.8 Å². The highest BCUT2D eigenvalue weighted by Crippen LogP contribution is 2.26. The van der Waals surface area contributed by atoms with E-state index in [4.69, 9.17) is 26.2 Å². The highest BCUT2D eigenvalue weighted by atomic mass is 35.5. The molecule has 0 amide bonds. The van der Waals surface area contributed by atoms with Gasteiger partial charge in [-0.3, -0.25) is 0 Å². The van der Waals surface area contributed by atoms with Gasteiger partial charge in [0.2, 0.25) is 0 Å². The number of hydrogen-bond donors (Lipinski definition) is 1. The fraction of sp³-hybridized carbons (Fsp3) is 0.400. The van der Waals surface area contributed by atoms with Crippen LogP contribution in [0.3, 0.4) is 0 Å². The van der Waals surface area contributed by atoms with E-state index in [-0.39, 0.29) is 13.2 Å². The topological polar surface area (TPSA) is 55.8 Å². The van der Waals surface area contributed by atoms with Crippen molar-refractivity contribution >= 4 is 23.6 Å². The number of esters is 1. The lowest BCUT2D eigenvalue weighted by Gasteiger charge is -2.19. The lowest BCUT2D eigenvalue weighted by molar-refractivity contribution is -0.157. The molecule has 0 aliphatic rings. The van der Waals surface area contributed by atoms with Crippen LogP contribution in [0.25, 0.3) is 6.08 Å². The Morgan fingerprint density at radius 1 is 1.40 bits per heavy atom. The van der Waals surface area contributed by atoms with Gasteiger partial charge in [-0.15, -0.1) is 0 Å². The fourth-order valence-corrected chi connectivity index (χ4v) is 1.60. The van der Waals surface area contributed by atoms with Gasteiger partial charge < -0.3 is 14.6 Å². The van der Waals surface area contributed by atoms with E-state index < -0.39 is 11.6 Å². The summed E-state index contributed by atoms with van der Waals surface area (Å²) in [6.07, 6.45) is 3.33. The molecule has 0 aliphatic carbocycles. The van der Waals surface area contributed by atoms with Crippen molar-refractivity contribution in [2.24, 2.45) is 0 Å². The van der Waals surface area contributed by atoms with Gasteiger partial charge in [0, 0.05) is 0 Å². The predicted molar refractivity (Wildman–Crippen MR) is 78.9 cm³/mol. The van der Waals surface area contributed by atoms with Crippen LogP contribution in [0, 0.1) is 0 Å². The van der Waals surface area contributed by atoms with Crippen molar-refractivity contribution in [3.05, 3.63) is 34.9 Å². The molecule has 1 N–H and O–H groups in total. The molecule has 20 heavy (non-hydrogen) atoms. The van der Waals surface area contributed by atoms with Gasteiger partial charge >= 0.3 is 5.97 Å². The first-order valence-electron chi connectivity index (χ1n) is 6.23. The zero-order valence-electron chi connectivity index (χ0n) is 11.9. The lowest BCUT2D eigenvalue weighted by Crippen LogP contribution is -2.27. The summed E-state index contributed by atoms with van der Waals surface area (Å²) < 4.78 is 10.5. The average Bonchev–Trinajstić information content (AvgIpc) is 2.34. The second kappa shape index (κ2) is 7.31. The molecule has 110 valence electrons. The highest BCUT2D eigenvalue weighted by molar-refractivity contribution is 6.32. The number of halogens is 1. The Morgan fingerprint density at radius 2 is 2.10 bits per heavy atom.